The number of hydrogen-bond acceptors (Lipinski definition) is 5. The van der Waals surface area contributed by atoms with E-state index in [2.05, 4.69) is 20.8 Å². The van der Waals surface area contributed by atoms with Gasteiger partial charge in [0, 0.05) is 25.5 Å². The van der Waals surface area contributed by atoms with Gasteiger partial charge in [0.15, 0.2) is 20.8 Å². The highest BCUT2D eigenvalue weighted by atomic mass is 32.2. The molecule has 3 atom stereocenters. The molecule has 0 aliphatic carbocycles. The van der Waals surface area contributed by atoms with Crippen LogP contribution in [-0.2, 0) is 20.0 Å². The Kier molecular flexibility index (Phi) is 4.89. The minimum Gasteiger partial charge on any atom is -0.497 e. The molecule has 2 heterocycles. The Labute approximate surface area is 184 Å². The number of piperidine rings is 1. The molecule has 2 aliphatic heterocycles. The summed E-state index contributed by atoms with van der Waals surface area (Å²) in [6, 6.07) is 12.2. The van der Waals surface area contributed by atoms with E-state index in [-0.39, 0.29) is 10.3 Å². The number of likely N-dealkylation sites (tertiary alicyclic amines) is 1. The molecule has 4 rings (SSSR count). The predicted octanol–water partition coefficient (Wildman–Crippen LogP) is 3.89. The van der Waals surface area contributed by atoms with Gasteiger partial charge >= 0.3 is 0 Å². The molecular weight excluding hydrogens is 414 g/mol. The van der Waals surface area contributed by atoms with E-state index >= 15 is 0 Å². The third-order valence-electron chi connectivity index (χ3n) is 6.58. The van der Waals surface area contributed by atoms with Crippen LogP contribution >= 0.6 is 0 Å². The van der Waals surface area contributed by atoms with Gasteiger partial charge in [0.1, 0.15) is 11.5 Å². The van der Waals surface area contributed by atoms with Crippen molar-refractivity contribution < 1.29 is 22.7 Å². The monoisotopic (exact) mass is 443 g/mol. The Balaban J connectivity index is 1.82. The van der Waals surface area contributed by atoms with Gasteiger partial charge in [-0.15, -0.1) is 0 Å². The number of hydrogen-bond donors (Lipinski definition) is 0. The highest BCUT2D eigenvalue weighted by Gasteiger charge is 2.57. The maximum atomic E-state index is 13.7. The molecule has 6 nitrogen and oxygen atoms in total. The van der Waals surface area contributed by atoms with Crippen molar-refractivity contribution in [2.45, 2.75) is 61.3 Å². The molecule has 0 unspecified atom stereocenters. The SMILES string of the molecule is COc1ccc2c(c1)O[C@@]1(C)C[C@H]2[C@H](S(=O)(=O)c2ccc(C(C)(C)C)cc2)C(=O)N1C. The lowest BCUT2D eigenvalue weighted by molar-refractivity contribution is -0.159. The molecule has 1 fully saturated rings. The van der Waals surface area contributed by atoms with Crippen molar-refractivity contribution in [3.05, 3.63) is 53.6 Å². The first-order valence-corrected chi connectivity index (χ1v) is 11.9. The summed E-state index contributed by atoms with van der Waals surface area (Å²) in [6.07, 6.45) is 0.401. The average molecular weight is 444 g/mol. The van der Waals surface area contributed by atoms with E-state index in [0.29, 0.717) is 17.9 Å². The van der Waals surface area contributed by atoms with Crippen LogP contribution in [-0.4, -0.2) is 44.4 Å². The summed E-state index contributed by atoms with van der Waals surface area (Å²) in [6.45, 7) is 8.04. The summed E-state index contributed by atoms with van der Waals surface area (Å²) in [7, 11) is -0.748. The van der Waals surface area contributed by atoms with Crippen molar-refractivity contribution in [3.8, 4) is 11.5 Å². The van der Waals surface area contributed by atoms with Crippen LogP contribution in [0.5, 0.6) is 11.5 Å². The summed E-state index contributed by atoms with van der Waals surface area (Å²) in [5.41, 5.74) is 0.752. The van der Waals surface area contributed by atoms with Gasteiger partial charge in [0.05, 0.1) is 12.0 Å². The van der Waals surface area contributed by atoms with E-state index < -0.39 is 32.6 Å². The van der Waals surface area contributed by atoms with E-state index in [1.54, 1.807) is 38.4 Å². The van der Waals surface area contributed by atoms with Crippen LogP contribution in [0.1, 0.15) is 51.2 Å². The number of ether oxygens (including phenoxy) is 2. The third kappa shape index (κ3) is 3.39. The lowest BCUT2D eigenvalue weighted by atomic mass is 9.80. The summed E-state index contributed by atoms with van der Waals surface area (Å²) in [4.78, 5) is 15.0. The van der Waals surface area contributed by atoms with Gasteiger partial charge in [-0.25, -0.2) is 8.42 Å². The molecule has 7 heteroatoms. The van der Waals surface area contributed by atoms with Gasteiger partial charge in [0.25, 0.3) is 0 Å². The Morgan fingerprint density at radius 1 is 1.13 bits per heavy atom. The van der Waals surface area contributed by atoms with Crippen molar-refractivity contribution >= 4 is 15.7 Å². The van der Waals surface area contributed by atoms with Crippen LogP contribution in [0, 0.1) is 0 Å². The molecule has 0 N–H and O–H groups in total. The number of benzene rings is 2. The Morgan fingerprint density at radius 2 is 1.77 bits per heavy atom. The van der Waals surface area contributed by atoms with Crippen LogP contribution in [0.25, 0.3) is 0 Å². The first kappa shape index (κ1) is 21.7. The fraction of sp³-hybridized carbons (Fsp3) is 0.458. The van der Waals surface area contributed by atoms with Gasteiger partial charge < -0.3 is 14.4 Å². The maximum Gasteiger partial charge on any atom is 0.244 e. The molecule has 2 aromatic rings. The number of fused-ring (bicyclic) bond motifs is 4. The quantitative estimate of drug-likeness (QED) is 0.720. The topological polar surface area (TPSA) is 72.9 Å². The number of rotatable bonds is 3. The van der Waals surface area contributed by atoms with Gasteiger partial charge in [-0.05, 0) is 41.7 Å². The number of carbonyl (C=O) groups is 1. The van der Waals surface area contributed by atoms with E-state index in [9.17, 15) is 13.2 Å². The summed E-state index contributed by atoms with van der Waals surface area (Å²) >= 11 is 0. The number of carbonyl (C=O) groups excluding carboxylic acids is 1. The van der Waals surface area contributed by atoms with Gasteiger partial charge in [0.2, 0.25) is 5.91 Å². The number of methoxy groups -OCH3 is 1. The smallest absolute Gasteiger partial charge is 0.244 e. The normalized spacial score (nSPS) is 25.6. The second kappa shape index (κ2) is 6.99. The van der Waals surface area contributed by atoms with Gasteiger partial charge in [-0.2, -0.15) is 0 Å². The van der Waals surface area contributed by atoms with Crippen LogP contribution in [0.15, 0.2) is 47.4 Å². The molecule has 2 aliphatic rings. The maximum absolute atomic E-state index is 13.7. The lowest BCUT2D eigenvalue weighted by Gasteiger charge is -2.51. The number of nitrogens with zero attached hydrogens (tertiary/aromatic N) is 1. The van der Waals surface area contributed by atoms with Crippen LogP contribution in [0.4, 0.5) is 0 Å². The zero-order chi connectivity index (χ0) is 22.8. The molecule has 31 heavy (non-hydrogen) atoms. The summed E-state index contributed by atoms with van der Waals surface area (Å²) in [5, 5.41) is -1.21. The first-order chi connectivity index (χ1) is 14.4. The Bertz CT molecular complexity index is 1130. The van der Waals surface area contributed by atoms with E-state index in [1.807, 2.05) is 25.1 Å². The zero-order valence-corrected chi connectivity index (χ0v) is 19.6. The highest BCUT2D eigenvalue weighted by Crippen LogP contribution is 2.50. The second-order valence-electron chi connectivity index (χ2n) is 9.63. The van der Waals surface area contributed by atoms with Crippen molar-refractivity contribution in [1.29, 1.82) is 0 Å². The minimum absolute atomic E-state index is 0.0936. The first-order valence-electron chi connectivity index (χ1n) is 10.4. The van der Waals surface area contributed by atoms with Crippen molar-refractivity contribution in [3.63, 3.8) is 0 Å². The Hall–Kier alpha value is -2.54. The fourth-order valence-electron chi connectivity index (χ4n) is 4.54. The van der Waals surface area contributed by atoms with Gasteiger partial charge in [-0.3, -0.25) is 4.79 Å². The number of sulfone groups is 1. The van der Waals surface area contributed by atoms with Crippen LogP contribution in [0.2, 0.25) is 0 Å². The van der Waals surface area contributed by atoms with E-state index in [4.69, 9.17) is 9.47 Å². The molecule has 1 saturated heterocycles. The van der Waals surface area contributed by atoms with Crippen molar-refractivity contribution in [2.75, 3.05) is 14.2 Å². The molecular formula is C24H29NO5S. The second-order valence-corrected chi connectivity index (χ2v) is 11.7. The molecule has 0 spiro atoms. The molecule has 0 saturated carbocycles. The zero-order valence-electron chi connectivity index (χ0n) is 18.8. The predicted molar refractivity (Wildman–Crippen MR) is 118 cm³/mol. The molecule has 2 bridgehead atoms. The standard InChI is InChI=1S/C24H29NO5S/c1-23(2,3)15-7-10-17(11-8-15)31(27,28)21-19-14-24(4,25(5)22(21)26)30-20-13-16(29-6)9-12-18(19)20/h7-13,19,21H,14H2,1-6H3/t19-,21+,24+/m1/s1. The van der Waals surface area contributed by atoms with E-state index in [0.717, 1.165) is 11.1 Å². The van der Waals surface area contributed by atoms with E-state index in [1.165, 1.54) is 4.90 Å². The molecule has 0 aromatic heterocycles. The molecule has 0 radical (unpaired) electrons. The van der Waals surface area contributed by atoms with Crippen molar-refractivity contribution in [2.24, 2.45) is 0 Å². The summed E-state index contributed by atoms with van der Waals surface area (Å²) < 4.78 is 38.9. The number of amides is 1. The summed E-state index contributed by atoms with van der Waals surface area (Å²) in [5.74, 6) is 0.227. The third-order valence-corrected chi connectivity index (χ3v) is 8.71. The largest absolute Gasteiger partial charge is 0.497 e. The minimum atomic E-state index is -3.92. The van der Waals surface area contributed by atoms with Crippen LogP contribution < -0.4 is 9.47 Å². The lowest BCUT2D eigenvalue weighted by Crippen LogP contribution is -2.64. The van der Waals surface area contributed by atoms with Crippen molar-refractivity contribution in [1.82, 2.24) is 4.90 Å². The molecule has 1 amide bonds. The molecule has 2 aromatic carbocycles. The average Bonchev–Trinajstić information content (AvgIpc) is 2.71. The van der Waals surface area contributed by atoms with Crippen LogP contribution in [0.3, 0.4) is 0 Å². The Morgan fingerprint density at radius 3 is 2.35 bits per heavy atom. The molecule has 166 valence electrons. The highest BCUT2D eigenvalue weighted by molar-refractivity contribution is 7.92. The fourth-order valence-corrected chi connectivity index (χ4v) is 6.45. The van der Waals surface area contributed by atoms with Gasteiger partial charge in [-0.1, -0.05) is 39.0 Å².